The maximum Gasteiger partial charge on any atom is 0.235 e. The molecule has 0 N–H and O–H groups in total. The van der Waals surface area contributed by atoms with Crippen LogP contribution < -0.4 is 0 Å². The van der Waals surface area contributed by atoms with Crippen molar-refractivity contribution in [3.8, 4) is 0 Å². The van der Waals surface area contributed by atoms with Gasteiger partial charge >= 0.3 is 0 Å². The molecule has 6 nitrogen and oxygen atoms in total. The molecule has 0 aliphatic heterocycles. The molecular formula is C4H4N4O2. The van der Waals surface area contributed by atoms with Gasteiger partial charge in [-0.15, -0.1) is 0 Å². The van der Waals surface area contributed by atoms with Crippen LogP contribution in [0.3, 0.4) is 0 Å². The third-order valence-corrected chi connectivity index (χ3v) is 0.577. The van der Waals surface area contributed by atoms with Crippen LogP contribution in [0.25, 0.3) is 0 Å². The van der Waals surface area contributed by atoms with Gasteiger partial charge in [-0.05, 0) is 11.3 Å². The Bertz CT molecular complexity index is 154. The summed E-state index contributed by atoms with van der Waals surface area (Å²) >= 11 is 0. The number of hydrogen-bond acceptors (Lipinski definition) is 6. The van der Waals surface area contributed by atoms with E-state index >= 15 is 0 Å². The lowest BCUT2D eigenvalue weighted by Crippen LogP contribution is -1.61. The van der Waals surface area contributed by atoms with Gasteiger partial charge in [-0.2, -0.15) is 0 Å². The molecule has 0 saturated carbocycles. The average Bonchev–Trinajstić information content (AvgIpc) is 2.67. The van der Waals surface area contributed by atoms with Crippen molar-refractivity contribution in [3.63, 3.8) is 0 Å². The highest BCUT2D eigenvalue weighted by molar-refractivity contribution is 4.67. The van der Waals surface area contributed by atoms with Gasteiger partial charge in [-0.1, -0.05) is 10.3 Å². The topological polar surface area (TPSA) is 77.8 Å². The Kier molecular flexibility index (Phi) is 2.68. The van der Waals surface area contributed by atoms with Gasteiger partial charge < -0.3 is 9.05 Å². The fourth-order valence-corrected chi connectivity index (χ4v) is 0.281. The summed E-state index contributed by atoms with van der Waals surface area (Å²) in [6.45, 7) is 0. The quantitative estimate of drug-likeness (QED) is 0.517. The number of aromatic nitrogens is 4. The molecule has 0 bridgehead atoms. The highest BCUT2D eigenvalue weighted by Gasteiger charge is 1.62. The Morgan fingerprint density at radius 2 is 2.20 bits per heavy atom. The minimum absolute atomic E-state index is 1.15. The van der Waals surface area contributed by atoms with E-state index in [0.29, 0.717) is 0 Å². The Balaban J connectivity index is 0.0000001000. The molecule has 0 saturated heterocycles. The van der Waals surface area contributed by atoms with E-state index in [1.54, 1.807) is 12.3 Å². The molecule has 52 valence electrons. The predicted molar refractivity (Wildman–Crippen MR) is 28.6 cm³/mol. The van der Waals surface area contributed by atoms with Crippen LogP contribution in [0.2, 0.25) is 0 Å². The number of rotatable bonds is 0. The van der Waals surface area contributed by atoms with Crippen LogP contribution in [0.15, 0.2) is 34.0 Å². The highest BCUT2D eigenvalue weighted by Crippen LogP contribution is 1.72. The van der Waals surface area contributed by atoms with E-state index in [-0.39, 0.29) is 0 Å². The molecule has 10 heavy (non-hydrogen) atoms. The molecule has 2 aromatic rings. The van der Waals surface area contributed by atoms with Crippen LogP contribution in [0.4, 0.5) is 0 Å². The SMILES string of the molecule is c1cnoc1.c1nnno1. The fraction of sp³-hybridized carbons (Fsp3) is 0. The van der Waals surface area contributed by atoms with E-state index in [1.165, 1.54) is 6.26 Å². The molecular weight excluding hydrogens is 136 g/mol. The normalized spacial score (nSPS) is 8.00. The lowest BCUT2D eigenvalue weighted by atomic mass is 10.8. The van der Waals surface area contributed by atoms with Crippen molar-refractivity contribution < 1.29 is 9.05 Å². The van der Waals surface area contributed by atoms with Gasteiger partial charge in [0, 0.05) is 0 Å². The van der Waals surface area contributed by atoms with Crippen molar-refractivity contribution in [1.29, 1.82) is 0 Å². The fourth-order valence-electron chi connectivity index (χ4n) is 0.281. The van der Waals surface area contributed by atoms with E-state index in [9.17, 15) is 0 Å². The first kappa shape index (κ1) is 6.40. The molecule has 2 rings (SSSR count). The monoisotopic (exact) mass is 140 g/mol. The number of nitrogens with zero attached hydrogens (tertiary/aromatic N) is 4. The van der Waals surface area contributed by atoms with Gasteiger partial charge in [0.1, 0.15) is 6.26 Å². The van der Waals surface area contributed by atoms with Gasteiger partial charge in [0.15, 0.2) is 0 Å². The first-order chi connectivity index (χ1) is 5.00. The Morgan fingerprint density at radius 1 is 1.20 bits per heavy atom. The van der Waals surface area contributed by atoms with E-state index in [4.69, 9.17) is 0 Å². The summed E-state index contributed by atoms with van der Waals surface area (Å²) in [7, 11) is 0. The highest BCUT2D eigenvalue weighted by atomic mass is 16.5. The average molecular weight is 140 g/mol. The van der Waals surface area contributed by atoms with Crippen LogP contribution in [-0.4, -0.2) is 20.7 Å². The van der Waals surface area contributed by atoms with Crippen LogP contribution >= 0.6 is 0 Å². The van der Waals surface area contributed by atoms with Crippen LogP contribution in [-0.2, 0) is 0 Å². The molecule has 0 amide bonds. The van der Waals surface area contributed by atoms with E-state index in [1.807, 2.05) is 0 Å². The van der Waals surface area contributed by atoms with Crippen molar-refractivity contribution in [2.45, 2.75) is 0 Å². The Morgan fingerprint density at radius 3 is 2.40 bits per heavy atom. The van der Waals surface area contributed by atoms with Gasteiger partial charge in [0.2, 0.25) is 6.39 Å². The standard InChI is InChI=1S/C3H3NO.CHN3O/c1-2-4-5-3-1;1-2-3-4-5-1/h1-3H;1H. The summed E-state index contributed by atoms with van der Waals surface area (Å²) in [5.74, 6) is 0. The smallest absolute Gasteiger partial charge is 0.235 e. The second-order valence-electron chi connectivity index (χ2n) is 1.19. The molecule has 2 aromatic heterocycles. The Hall–Kier alpha value is -1.72. The predicted octanol–water partition coefficient (Wildman–Crippen LogP) is 0.139. The third kappa shape index (κ3) is 2.55. The molecule has 0 spiro atoms. The molecule has 0 fully saturated rings. The van der Waals surface area contributed by atoms with Crippen molar-refractivity contribution >= 4 is 0 Å². The van der Waals surface area contributed by atoms with Gasteiger partial charge in [-0.3, -0.25) is 0 Å². The molecule has 0 aliphatic carbocycles. The minimum atomic E-state index is 1.15. The van der Waals surface area contributed by atoms with Gasteiger partial charge in [0.25, 0.3) is 0 Å². The second kappa shape index (κ2) is 4.19. The van der Waals surface area contributed by atoms with Crippen molar-refractivity contribution in [1.82, 2.24) is 20.7 Å². The minimum Gasteiger partial charge on any atom is -0.365 e. The zero-order chi connectivity index (χ0) is 7.07. The summed E-state index contributed by atoms with van der Waals surface area (Å²) in [5.41, 5.74) is 0. The molecule has 0 aliphatic rings. The molecule has 0 atom stereocenters. The van der Waals surface area contributed by atoms with Crippen LogP contribution in [0.1, 0.15) is 0 Å². The molecule has 2 heterocycles. The van der Waals surface area contributed by atoms with Crippen LogP contribution in [0.5, 0.6) is 0 Å². The summed E-state index contributed by atoms with van der Waals surface area (Å²) in [4.78, 5) is 0. The van der Waals surface area contributed by atoms with Crippen molar-refractivity contribution in [2.24, 2.45) is 0 Å². The maximum absolute atomic E-state index is 4.33. The maximum atomic E-state index is 4.33. The van der Waals surface area contributed by atoms with Crippen molar-refractivity contribution in [2.75, 3.05) is 0 Å². The summed E-state index contributed by atoms with van der Waals surface area (Å²) in [6.07, 6.45) is 4.25. The Labute approximate surface area is 55.8 Å². The molecule has 6 heteroatoms. The number of hydrogen-bond donors (Lipinski definition) is 0. The molecule has 0 radical (unpaired) electrons. The zero-order valence-corrected chi connectivity index (χ0v) is 4.91. The molecule has 0 unspecified atom stereocenters. The van der Waals surface area contributed by atoms with E-state index in [0.717, 1.165) is 6.39 Å². The molecule has 0 aromatic carbocycles. The van der Waals surface area contributed by atoms with E-state index in [2.05, 4.69) is 29.8 Å². The van der Waals surface area contributed by atoms with E-state index < -0.39 is 0 Å². The largest absolute Gasteiger partial charge is 0.365 e. The zero-order valence-electron chi connectivity index (χ0n) is 4.91. The summed E-state index contributed by atoms with van der Waals surface area (Å²) in [6, 6.07) is 1.72. The summed E-state index contributed by atoms with van der Waals surface area (Å²) < 4.78 is 8.44. The van der Waals surface area contributed by atoms with Crippen LogP contribution in [0, 0.1) is 0 Å². The second-order valence-corrected chi connectivity index (χ2v) is 1.19. The first-order valence-electron chi connectivity index (χ1n) is 2.42. The summed E-state index contributed by atoms with van der Waals surface area (Å²) in [5, 5.41) is 12.6. The van der Waals surface area contributed by atoms with Gasteiger partial charge in [0.05, 0.1) is 11.5 Å². The lowest BCUT2D eigenvalue weighted by Gasteiger charge is -1.48. The van der Waals surface area contributed by atoms with Crippen molar-refractivity contribution in [3.05, 3.63) is 24.9 Å². The van der Waals surface area contributed by atoms with Gasteiger partial charge in [-0.25, -0.2) is 0 Å². The third-order valence-electron chi connectivity index (χ3n) is 0.577. The lowest BCUT2D eigenvalue weighted by molar-refractivity contribution is 0.392. The first-order valence-corrected chi connectivity index (χ1v) is 2.42.